The van der Waals surface area contributed by atoms with Crippen LogP contribution in [-0.2, 0) is 4.79 Å². The molecule has 0 atom stereocenters. The highest BCUT2D eigenvalue weighted by molar-refractivity contribution is 7.10. The summed E-state index contributed by atoms with van der Waals surface area (Å²) < 4.78 is 0. The summed E-state index contributed by atoms with van der Waals surface area (Å²) in [5.74, 6) is 0.216. The second-order valence-electron chi connectivity index (χ2n) is 6.68. The number of rotatable bonds is 5. The molecule has 2 aromatic rings. The molecule has 3 heterocycles. The molecule has 6 nitrogen and oxygen atoms in total. The molecule has 0 aromatic carbocycles. The maximum Gasteiger partial charge on any atom is 0.255 e. The van der Waals surface area contributed by atoms with Crippen LogP contribution in [0.4, 0.5) is 5.82 Å². The fourth-order valence-electron chi connectivity index (χ4n) is 2.88. The Morgan fingerprint density at radius 2 is 2.11 bits per heavy atom. The largest absolute Gasteiger partial charge is 0.386 e. The first-order valence-corrected chi connectivity index (χ1v) is 9.76. The molecule has 1 saturated carbocycles. The van der Waals surface area contributed by atoms with Crippen LogP contribution in [0.15, 0.2) is 47.7 Å². The van der Waals surface area contributed by atoms with Gasteiger partial charge >= 0.3 is 0 Å². The van der Waals surface area contributed by atoms with E-state index in [2.05, 4.69) is 45.4 Å². The summed E-state index contributed by atoms with van der Waals surface area (Å²) >= 11 is 1.68. The minimum atomic E-state index is -0.243. The maximum absolute atomic E-state index is 12.7. The zero-order chi connectivity index (χ0) is 18.8. The number of carbonyl (C=O) groups is 2. The highest BCUT2D eigenvalue weighted by atomic mass is 32.1. The Balaban J connectivity index is 1.48. The van der Waals surface area contributed by atoms with Gasteiger partial charge in [0.25, 0.3) is 5.91 Å². The molecule has 138 valence electrons. The number of amides is 2. The van der Waals surface area contributed by atoms with Crippen molar-refractivity contribution in [1.29, 1.82) is 0 Å². The van der Waals surface area contributed by atoms with Gasteiger partial charge in [-0.3, -0.25) is 9.59 Å². The van der Waals surface area contributed by atoms with Gasteiger partial charge in [0.15, 0.2) is 0 Å². The van der Waals surface area contributed by atoms with E-state index in [0.29, 0.717) is 11.4 Å². The van der Waals surface area contributed by atoms with E-state index in [1.165, 1.54) is 11.1 Å². The van der Waals surface area contributed by atoms with Crippen LogP contribution in [-0.4, -0.2) is 23.3 Å². The number of hydrogen-bond donors (Lipinski definition) is 3. The fourth-order valence-corrected chi connectivity index (χ4v) is 3.58. The third-order valence-corrected chi connectivity index (χ3v) is 5.33. The Kier molecular flexibility index (Phi) is 4.77. The predicted octanol–water partition coefficient (Wildman–Crippen LogP) is 3.06. The lowest BCUT2D eigenvalue weighted by Gasteiger charge is -2.18. The minimum absolute atomic E-state index is 0.0303. The number of aryl methyl sites for hydroxylation is 1. The monoisotopic (exact) mass is 380 g/mol. The van der Waals surface area contributed by atoms with Crippen LogP contribution in [0.3, 0.4) is 0 Å². The molecule has 2 aromatic heterocycles. The van der Waals surface area contributed by atoms with Gasteiger partial charge in [-0.15, -0.1) is 11.3 Å². The zero-order valence-corrected chi connectivity index (χ0v) is 15.7. The van der Waals surface area contributed by atoms with Crippen molar-refractivity contribution in [1.82, 2.24) is 15.6 Å². The second kappa shape index (κ2) is 7.36. The molecule has 3 N–H and O–H groups in total. The van der Waals surface area contributed by atoms with Crippen LogP contribution >= 0.6 is 11.3 Å². The molecule has 1 fully saturated rings. The van der Waals surface area contributed by atoms with Gasteiger partial charge in [0.1, 0.15) is 5.82 Å². The van der Waals surface area contributed by atoms with Crippen molar-refractivity contribution in [2.75, 3.05) is 11.9 Å². The van der Waals surface area contributed by atoms with Gasteiger partial charge in [-0.05, 0) is 48.9 Å². The van der Waals surface area contributed by atoms with Crippen LogP contribution in [0.1, 0.15) is 33.6 Å². The number of nitrogens with one attached hydrogen (secondary N) is 3. The number of aromatic nitrogens is 1. The van der Waals surface area contributed by atoms with Crippen LogP contribution in [0, 0.1) is 12.8 Å². The molecule has 2 aliphatic rings. The normalized spacial score (nSPS) is 16.0. The Labute approximate surface area is 161 Å². The highest BCUT2D eigenvalue weighted by Crippen LogP contribution is 2.30. The van der Waals surface area contributed by atoms with Gasteiger partial charge in [-0.1, -0.05) is 6.08 Å². The molecule has 0 spiro atoms. The molecule has 0 unspecified atom stereocenters. The summed E-state index contributed by atoms with van der Waals surface area (Å²) in [6, 6.07) is 5.35. The number of nitrogens with zero attached hydrogens (tertiary/aromatic N) is 1. The number of carbonyl (C=O) groups excluding carboxylic acids is 2. The van der Waals surface area contributed by atoms with E-state index in [9.17, 15) is 9.59 Å². The third-order valence-electron chi connectivity index (χ3n) is 4.47. The van der Waals surface area contributed by atoms with E-state index in [1.54, 1.807) is 23.5 Å². The van der Waals surface area contributed by atoms with Gasteiger partial charge in [-0.2, -0.15) is 0 Å². The lowest BCUT2D eigenvalue weighted by atomic mass is 10.0. The number of hydrogen-bond acceptors (Lipinski definition) is 5. The summed E-state index contributed by atoms with van der Waals surface area (Å²) in [7, 11) is 0. The summed E-state index contributed by atoms with van der Waals surface area (Å²) in [5, 5.41) is 11.0. The van der Waals surface area contributed by atoms with Crippen LogP contribution in [0.5, 0.6) is 0 Å². The quantitative estimate of drug-likeness (QED) is 0.744. The molecule has 7 heteroatoms. The number of dihydropyridines is 1. The lowest BCUT2D eigenvalue weighted by Crippen LogP contribution is -2.27. The third kappa shape index (κ3) is 4.09. The van der Waals surface area contributed by atoms with Crippen molar-refractivity contribution >= 4 is 34.5 Å². The Hall–Kier alpha value is -2.93. The molecule has 1 aliphatic carbocycles. The topological polar surface area (TPSA) is 83.1 Å². The van der Waals surface area contributed by atoms with E-state index >= 15 is 0 Å². The molecular formula is C20H20N4O2S. The molecule has 1 aliphatic heterocycles. The molecule has 27 heavy (non-hydrogen) atoms. The second-order valence-corrected chi connectivity index (χ2v) is 7.79. The van der Waals surface area contributed by atoms with Crippen molar-refractivity contribution in [3.05, 3.63) is 63.8 Å². The van der Waals surface area contributed by atoms with Gasteiger partial charge in [-0.25, -0.2) is 4.98 Å². The number of pyridine rings is 1. The Bertz CT molecular complexity index is 956. The van der Waals surface area contributed by atoms with Crippen molar-refractivity contribution in [3.63, 3.8) is 0 Å². The molecule has 0 bridgehead atoms. The van der Waals surface area contributed by atoms with Crippen LogP contribution in [0.2, 0.25) is 0 Å². The Morgan fingerprint density at radius 1 is 1.26 bits per heavy atom. The molecule has 0 saturated heterocycles. The van der Waals surface area contributed by atoms with Crippen LogP contribution < -0.4 is 16.0 Å². The standard InChI is InChI=1S/C20H20N4O2S/c1-12-8-15(11-27-12)16-5-6-21-10-17(16)23-20(26)14-4-7-22-18(9-14)24-19(25)13-2-3-13/h4-5,7-11,13,21H,2-3,6H2,1H3,(H,23,26)(H,22,24,25). The minimum Gasteiger partial charge on any atom is -0.386 e. The van der Waals surface area contributed by atoms with Gasteiger partial charge < -0.3 is 16.0 Å². The van der Waals surface area contributed by atoms with Crippen molar-refractivity contribution in [2.24, 2.45) is 5.92 Å². The van der Waals surface area contributed by atoms with Crippen molar-refractivity contribution < 1.29 is 9.59 Å². The summed E-state index contributed by atoms with van der Waals surface area (Å²) in [5.41, 5.74) is 3.27. The number of anilines is 1. The molecule has 2 amide bonds. The van der Waals surface area contributed by atoms with Crippen molar-refractivity contribution in [2.45, 2.75) is 19.8 Å². The van der Waals surface area contributed by atoms with E-state index in [-0.39, 0.29) is 17.7 Å². The Morgan fingerprint density at radius 3 is 2.85 bits per heavy atom. The van der Waals surface area contributed by atoms with Crippen molar-refractivity contribution in [3.8, 4) is 0 Å². The van der Waals surface area contributed by atoms with Crippen LogP contribution in [0.25, 0.3) is 5.57 Å². The predicted molar refractivity (Wildman–Crippen MR) is 106 cm³/mol. The summed E-state index contributed by atoms with van der Waals surface area (Å²) in [6.07, 6.45) is 7.25. The van der Waals surface area contributed by atoms with E-state index < -0.39 is 0 Å². The average molecular weight is 380 g/mol. The molecule has 0 radical (unpaired) electrons. The summed E-state index contributed by atoms with van der Waals surface area (Å²) in [6.45, 7) is 2.78. The number of thiophene rings is 1. The fraction of sp³-hybridized carbons (Fsp3) is 0.250. The number of allylic oxidation sites excluding steroid dienone is 1. The van der Waals surface area contributed by atoms with Gasteiger partial charge in [0, 0.05) is 40.9 Å². The maximum atomic E-state index is 12.7. The first kappa shape index (κ1) is 17.5. The molecular weight excluding hydrogens is 360 g/mol. The SMILES string of the molecule is Cc1cc(C2=CCNC=C2NC(=O)c2ccnc(NC(=O)C3CC3)c2)cs1. The zero-order valence-electron chi connectivity index (χ0n) is 14.9. The first-order valence-electron chi connectivity index (χ1n) is 8.88. The van der Waals surface area contributed by atoms with E-state index in [1.807, 2.05) is 6.20 Å². The van der Waals surface area contributed by atoms with Gasteiger partial charge in [0.05, 0.1) is 5.70 Å². The molecule has 4 rings (SSSR count). The highest BCUT2D eigenvalue weighted by Gasteiger charge is 2.29. The lowest BCUT2D eigenvalue weighted by molar-refractivity contribution is -0.117. The van der Waals surface area contributed by atoms with Gasteiger partial charge in [0.2, 0.25) is 5.91 Å². The smallest absolute Gasteiger partial charge is 0.255 e. The first-order chi connectivity index (χ1) is 13.1. The van der Waals surface area contributed by atoms with E-state index in [0.717, 1.165) is 36.2 Å². The average Bonchev–Trinajstić information content (AvgIpc) is 3.44. The summed E-state index contributed by atoms with van der Waals surface area (Å²) in [4.78, 5) is 30.0. The van der Waals surface area contributed by atoms with E-state index in [4.69, 9.17) is 0 Å².